The summed E-state index contributed by atoms with van der Waals surface area (Å²) >= 11 is 1.81. The lowest BCUT2D eigenvalue weighted by Gasteiger charge is -2.26. The number of thiazole rings is 1. The number of hydrogen-bond acceptors (Lipinski definition) is 5. The van der Waals surface area contributed by atoms with Crippen molar-refractivity contribution in [2.24, 2.45) is 0 Å². The van der Waals surface area contributed by atoms with Crippen LogP contribution < -0.4 is 5.32 Å². The van der Waals surface area contributed by atoms with Crippen LogP contribution in [-0.4, -0.2) is 43.2 Å². The minimum absolute atomic E-state index is 0.199. The van der Waals surface area contributed by atoms with Crippen molar-refractivity contribution in [2.45, 2.75) is 62.7 Å². The lowest BCUT2D eigenvalue weighted by Crippen LogP contribution is -2.35. The van der Waals surface area contributed by atoms with Crippen LogP contribution in [0.5, 0.6) is 0 Å². The predicted molar refractivity (Wildman–Crippen MR) is 118 cm³/mol. The van der Waals surface area contributed by atoms with E-state index in [0.29, 0.717) is 25.2 Å². The van der Waals surface area contributed by atoms with E-state index in [4.69, 9.17) is 4.98 Å². The first-order valence-electron chi connectivity index (χ1n) is 10.9. The number of carbonyl (C=O) groups excluding carboxylic acids is 1. The van der Waals surface area contributed by atoms with Crippen molar-refractivity contribution in [3.63, 3.8) is 0 Å². The van der Waals surface area contributed by atoms with Gasteiger partial charge in [0.25, 0.3) is 5.91 Å². The maximum absolute atomic E-state index is 12.9. The third-order valence-electron chi connectivity index (χ3n) is 5.79. The molecule has 2 aliphatic rings. The third kappa shape index (κ3) is 4.92. The van der Waals surface area contributed by atoms with Crippen LogP contribution in [0.25, 0.3) is 0 Å². The number of sulfonamides is 1. The Bertz CT molecular complexity index is 971. The van der Waals surface area contributed by atoms with Crippen LogP contribution >= 0.6 is 11.3 Å². The Morgan fingerprint density at radius 3 is 2.70 bits per heavy atom. The molecule has 4 rings (SSSR count). The summed E-state index contributed by atoms with van der Waals surface area (Å²) in [7, 11) is -3.53. The van der Waals surface area contributed by atoms with Crippen molar-refractivity contribution in [3.8, 4) is 0 Å². The van der Waals surface area contributed by atoms with Gasteiger partial charge in [0.05, 0.1) is 15.6 Å². The first-order valence-corrected chi connectivity index (χ1v) is 13.2. The van der Waals surface area contributed by atoms with Crippen LogP contribution in [0, 0.1) is 0 Å². The van der Waals surface area contributed by atoms with Crippen molar-refractivity contribution >= 4 is 27.3 Å². The zero-order chi connectivity index (χ0) is 21.0. The third-order valence-corrected chi connectivity index (χ3v) is 8.90. The molecule has 1 aliphatic carbocycles. The van der Waals surface area contributed by atoms with Gasteiger partial charge in [0.15, 0.2) is 0 Å². The Kier molecular flexibility index (Phi) is 6.85. The highest BCUT2D eigenvalue weighted by Crippen LogP contribution is 2.27. The van der Waals surface area contributed by atoms with Gasteiger partial charge in [0.1, 0.15) is 0 Å². The monoisotopic (exact) mass is 447 g/mol. The SMILES string of the molecule is O=C(NCCCc1nc2c(s1)CCCC2)c1cccc(S(=O)(=O)N2CCCCC2)c1. The average Bonchev–Trinajstić information content (AvgIpc) is 3.20. The van der Waals surface area contributed by atoms with E-state index in [-0.39, 0.29) is 10.8 Å². The minimum atomic E-state index is -3.53. The molecular formula is C22H29N3O3S2. The van der Waals surface area contributed by atoms with Crippen LogP contribution in [0.15, 0.2) is 29.2 Å². The zero-order valence-corrected chi connectivity index (χ0v) is 18.9. The molecule has 2 aromatic rings. The predicted octanol–water partition coefficient (Wildman–Crippen LogP) is 3.56. The molecule has 0 saturated carbocycles. The fourth-order valence-electron chi connectivity index (χ4n) is 4.11. The van der Waals surface area contributed by atoms with E-state index in [1.54, 1.807) is 18.2 Å². The van der Waals surface area contributed by atoms with Crippen LogP contribution in [0.3, 0.4) is 0 Å². The molecule has 6 nitrogen and oxygen atoms in total. The Morgan fingerprint density at radius 2 is 1.90 bits per heavy atom. The van der Waals surface area contributed by atoms with Gasteiger partial charge in [-0.05, 0) is 63.1 Å². The number of aryl methyl sites for hydroxylation is 3. The molecule has 162 valence electrons. The van der Waals surface area contributed by atoms with Gasteiger partial charge >= 0.3 is 0 Å². The van der Waals surface area contributed by atoms with Crippen molar-refractivity contribution in [2.75, 3.05) is 19.6 Å². The van der Waals surface area contributed by atoms with Gasteiger partial charge < -0.3 is 5.32 Å². The van der Waals surface area contributed by atoms with Gasteiger partial charge in [-0.15, -0.1) is 11.3 Å². The Balaban J connectivity index is 1.31. The average molecular weight is 448 g/mol. The maximum atomic E-state index is 12.9. The second-order valence-corrected chi connectivity index (χ2v) is 11.1. The molecule has 1 saturated heterocycles. The van der Waals surface area contributed by atoms with Crippen LogP contribution in [0.1, 0.15) is 64.5 Å². The Labute approximate surface area is 182 Å². The molecule has 1 aromatic heterocycles. The molecule has 0 radical (unpaired) electrons. The highest BCUT2D eigenvalue weighted by atomic mass is 32.2. The van der Waals surface area contributed by atoms with E-state index in [1.165, 1.54) is 33.8 Å². The summed E-state index contributed by atoms with van der Waals surface area (Å²) in [5.74, 6) is -0.232. The lowest BCUT2D eigenvalue weighted by atomic mass is 10.0. The largest absolute Gasteiger partial charge is 0.352 e. The van der Waals surface area contributed by atoms with Crippen molar-refractivity contribution in [1.82, 2.24) is 14.6 Å². The minimum Gasteiger partial charge on any atom is -0.352 e. The summed E-state index contributed by atoms with van der Waals surface area (Å²) in [5, 5.41) is 4.08. The Morgan fingerprint density at radius 1 is 1.10 bits per heavy atom. The number of benzene rings is 1. The number of aromatic nitrogens is 1. The molecule has 30 heavy (non-hydrogen) atoms. The van der Waals surface area contributed by atoms with E-state index in [9.17, 15) is 13.2 Å². The number of nitrogens with zero attached hydrogens (tertiary/aromatic N) is 2. The molecule has 1 aromatic carbocycles. The number of rotatable bonds is 7. The van der Waals surface area contributed by atoms with Gasteiger partial charge in [0, 0.05) is 36.5 Å². The summed E-state index contributed by atoms with van der Waals surface area (Å²) in [5.41, 5.74) is 1.66. The molecule has 1 aliphatic heterocycles. The molecular weight excluding hydrogens is 418 g/mol. The van der Waals surface area contributed by atoms with Gasteiger partial charge in [-0.2, -0.15) is 4.31 Å². The first-order chi connectivity index (χ1) is 14.5. The first kappa shape index (κ1) is 21.5. The van der Waals surface area contributed by atoms with Crippen molar-refractivity contribution in [3.05, 3.63) is 45.4 Å². The number of hydrogen-bond donors (Lipinski definition) is 1. The van der Waals surface area contributed by atoms with Gasteiger partial charge in [-0.25, -0.2) is 13.4 Å². The number of amides is 1. The van der Waals surface area contributed by atoms with Gasteiger partial charge in [-0.1, -0.05) is 12.5 Å². The molecule has 8 heteroatoms. The second-order valence-electron chi connectivity index (χ2n) is 8.04. The van der Waals surface area contributed by atoms with E-state index >= 15 is 0 Å². The van der Waals surface area contributed by atoms with E-state index < -0.39 is 10.0 Å². The number of nitrogens with one attached hydrogen (secondary N) is 1. The highest BCUT2D eigenvalue weighted by molar-refractivity contribution is 7.89. The van der Waals surface area contributed by atoms with Crippen molar-refractivity contribution < 1.29 is 13.2 Å². The zero-order valence-electron chi connectivity index (χ0n) is 17.2. The Hall–Kier alpha value is -1.77. The van der Waals surface area contributed by atoms with E-state index in [2.05, 4.69) is 5.32 Å². The molecule has 2 heterocycles. The van der Waals surface area contributed by atoms with E-state index in [0.717, 1.165) is 50.0 Å². The number of fused-ring (bicyclic) bond motifs is 1. The second kappa shape index (κ2) is 9.58. The summed E-state index contributed by atoms with van der Waals surface area (Å²) in [6, 6.07) is 6.38. The number of piperidine rings is 1. The van der Waals surface area contributed by atoms with Gasteiger partial charge in [-0.3, -0.25) is 4.79 Å². The van der Waals surface area contributed by atoms with Crippen LogP contribution in [-0.2, 0) is 29.3 Å². The lowest BCUT2D eigenvalue weighted by molar-refractivity contribution is 0.0953. The van der Waals surface area contributed by atoms with Gasteiger partial charge in [0.2, 0.25) is 10.0 Å². The smallest absolute Gasteiger partial charge is 0.251 e. The van der Waals surface area contributed by atoms with Crippen LogP contribution in [0.4, 0.5) is 0 Å². The van der Waals surface area contributed by atoms with Crippen LogP contribution in [0.2, 0.25) is 0 Å². The van der Waals surface area contributed by atoms with E-state index in [1.807, 2.05) is 11.3 Å². The van der Waals surface area contributed by atoms with Crippen molar-refractivity contribution in [1.29, 1.82) is 0 Å². The summed E-state index contributed by atoms with van der Waals surface area (Å²) < 4.78 is 27.2. The highest BCUT2D eigenvalue weighted by Gasteiger charge is 2.26. The molecule has 1 N–H and O–H groups in total. The quantitative estimate of drug-likeness (QED) is 0.658. The summed E-state index contributed by atoms with van der Waals surface area (Å²) in [6.07, 6.45) is 9.28. The molecule has 0 bridgehead atoms. The number of carbonyl (C=O) groups is 1. The molecule has 0 atom stereocenters. The maximum Gasteiger partial charge on any atom is 0.251 e. The summed E-state index contributed by atoms with van der Waals surface area (Å²) in [6.45, 7) is 1.66. The fraction of sp³-hybridized carbons (Fsp3) is 0.545. The topological polar surface area (TPSA) is 79.4 Å². The summed E-state index contributed by atoms with van der Waals surface area (Å²) in [4.78, 5) is 18.9. The molecule has 0 unspecified atom stereocenters. The standard InChI is InChI=1S/C22H29N3O3S2/c26-22(23-13-7-12-21-24-19-10-2-3-11-20(19)29-21)17-8-6-9-18(16-17)30(27,28)25-14-4-1-5-15-25/h6,8-9,16H,1-5,7,10-15H2,(H,23,26). The molecule has 1 amide bonds. The fourth-order valence-corrected chi connectivity index (χ4v) is 6.87. The normalized spacial score (nSPS) is 17.5. The molecule has 1 fully saturated rings. The molecule has 0 spiro atoms.